The van der Waals surface area contributed by atoms with Gasteiger partial charge in [0.2, 0.25) is 6.41 Å². The second-order valence-corrected chi connectivity index (χ2v) is 4.10. The number of nitrogens with one attached hydrogen (secondary N) is 1. The lowest BCUT2D eigenvalue weighted by Crippen LogP contribution is -2.41. The fourth-order valence-electron chi connectivity index (χ4n) is 1.28. The van der Waals surface area contributed by atoms with Crippen LogP contribution < -0.4 is 15.8 Å². The SMILES string of the molecule is NCCCN(C=O)C(=O)NCOc1ccc(Cl)cc1. The number of urea groups is 1. The van der Waals surface area contributed by atoms with Crippen LogP contribution in [0, 0.1) is 0 Å². The molecule has 0 aliphatic rings. The zero-order chi connectivity index (χ0) is 14.1. The Hall–Kier alpha value is -1.79. The number of carbonyl (C=O) groups is 2. The minimum Gasteiger partial charge on any atom is -0.473 e. The first kappa shape index (κ1) is 15.3. The van der Waals surface area contributed by atoms with Crippen LogP contribution in [-0.4, -0.2) is 37.2 Å². The van der Waals surface area contributed by atoms with E-state index in [0.717, 1.165) is 4.90 Å². The molecule has 7 heteroatoms. The maximum Gasteiger partial charge on any atom is 0.326 e. The summed E-state index contributed by atoms with van der Waals surface area (Å²) in [5.41, 5.74) is 5.31. The lowest BCUT2D eigenvalue weighted by molar-refractivity contribution is -0.115. The van der Waals surface area contributed by atoms with Crippen LogP contribution >= 0.6 is 11.6 Å². The van der Waals surface area contributed by atoms with Crippen molar-refractivity contribution in [3.63, 3.8) is 0 Å². The van der Waals surface area contributed by atoms with Crippen LogP contribution in [0.3, 0.4) is 0 Å². The molecule has 0 saturated heterocycles. The number of hydrogen-bond acceptors (Lipinski definition) is 4. The molecule has 3 amide bonds. The first-order valence-corrected chi connectivity index (χ1v) is 6.13. The number of carbonyl (C=O) groups excluding carboxylic acids is 2. The quantitative estimate of drug-likeness (QED) is 0.582. The predicted molar refractivity (Wildman–Crippen MR) is 71.9 cm³/mol. The molecule has 1 rings (SSSR count). The van der Waals surface area contributed by atoms with Crippen molar-refractivity contribution in [2.75, 3.05) is 19.8 Å². The van der Waals surface area contributed by atoms with Gasteiger partial charge in [-0.2, -0.15) is 0 Å². The van der Waals surface area contributed by atoms with Crippen LogP contribution in [0.25, 0.3) is 0 Å². The summed E-state index contributed by atoms with van der Waals surface area (Å²) in [6.07, 6.45) is 1.03. The third kappa shape index (κ3) is 5.58. The highest BCUT2D eigenvalue weighted by atomic mass is 35.5. The van der Waals surface area contributed by atoms with Crippen LogP contribution in [0.5, 0.6) is 5.75 Å². The molecule has 0 aliphatic carbocycles. The Morgan fingerprint density at radius 2 is 2.11 bits per heavy atom. The van der Waals surface area contributed by atoms with Gasteiger partial charge in [0.25, 0.3) is 0 Å². The van der Waals surface area contributed by atoms with Gasteiger partial charge in [0.1, 0.15) is 5.75 Å². The number of nitrogens with two attached hydrogens (primary N) is 1. The summed E-state index contributed by atoms with van der Waals surface area (Å²) in [5.74, 6) is 0.573. The average molecular weight is 286 g/mol. The first-order chi connectivity index (χ1) is 9.17. The molecule has 0 heterocycles. The summed E-state index contributed by atoms with van der Waals surface area (Å²) in [6, 6.07) is 6.20. The monoisotopic (exact) mass is 285 g/mol. The van der Waals surface area contributed by atoms with Gasteiger partial charge >= 0.3 is 6.03 Å². The van der Waals surface area contributed by atoms with Crippen molar-refractivity contribution in [2.45, 2.75) is 6.42 Å². The van der Waals surface area contributed by atoms with Crippen molar-refractivity contribution in [1.82, 2.24) is 10.2 Å². The molecule has 104 valence electrons. The maximum atomic E-state index is 11.6. The minimum atomic E-state index is -0.516. The topological polar surface area (TPSA) is 84.7 Å². The van der Waals surface area contributed by atoms with E-state index < -0.39 is 6.03 Å². The third-order valence-electron chi connectivity index (χ3n) is 2.27. The molecule has 0 bridgehead atoms. The molecule has 6 nitrogen and oxygen atoms in total. The Bertz CT molecular complexity index is 411. The van der Waals surface area contributed by atoms with Crippen LogP contribution in [0.15, 0.2) is 24.3 Å². The van der Waals surface area contributed by atoms with Crippen molar-refractivity contribution < 1.29 is 14.3 Å². The van der Waals surface area contributed by atoms with Gasteiger partial charge in [-0.1, -0.05) is 11.6 Å². The lowest BCUT2D eigenvalue weighted by Gasteiger charge is -2.16. The van der Waals surface area contributed by atoms with Crippen molar-refractivity contribution in [1.29, 1.82) is 0 Å². The smallest absolute Gasteiger partial charge is 0.326 e. The van der Waals surface area contributed by atoms with E-state index in [1.807, 2.05) is 0 Å². The van der Waals surface area contributed by atoms with Gasteiger partial charge in [-0.15, -0.1) is 0 Å². The fourth-order valence-corrected chi connectivity index (χ4v) is 1.40. The maximum absolute atomic E-state index is 11.6. The second-order valence-electron chi connectivity index (χ2n) is 3.67. The predicted octanol–water partition coefficient (Wildman–Crippen LogP) is 1.19. The Balaban J connectivity index is 2.33. The molecule has 3 N–H and O–H groups in total. The number of amides is 3. The lowest BCUT2D eigenvalue weighted by atomic mass is 10.3. The van der Waals surface area contributed by atoms with Crippen molar-refractivity contribution in [3.8, 4) is 5.75 Å². The van der Waals surface area contributed by atoms with Gasteiger partial charge in [-0.05, 0) is 37.2 Å². The molecule has 0 saturated carbocycles. The number of imide groups is 1. The first-order valence-electron chi connectivity index (χ1n) is 5.75. The third-order valence-corrected chi connectivity index (χ3v) is 2.52. The van der Waals surface area contributed by atoms with Crippen LogP contribution in [-0.2, 0) is 4.79 Å². The van der Waals surface area contributed by atoms with Gasteiger partial charge in [-0.25, -0.2) is 4.79 Å². The van der Waals surface area contributed by atoms with E-state index in [1.165, 1.54) is 0 Å². The summed E-state index contributed by atoms with van der Waals surface area (Å²) in [7, 11) is 0. The molecule has 0 aliphatic heterocycles. The zero-order valence-electron chi connectivity index (χ0n) is 10.3. The molecule has 0 radical (unpaired) electrons. The molecule has 0 spiro atoms. The van der Waals surface area contributed by atoms with Crippen LogP contribution in [0.1, 0.15) is 6.42 Å². The Morgan fingerprint density at radius 3 is 2.68 bits per heavy atom. The number of nitrogens with zero attached hydrogens (tertiary/aromatic N) is 1. The number of halogens is 1. The van der Waals surface area contributed by atoms with E-state index in [-0.39, 0.29) is 13.3 Å². The molecule has 0 atom stereocenters. The van der Waals surface area contributed by atoms with E-state index in [1.54, 1.807) is 24.3 Å². The van der Waals surface area contributed by atoms with Crippen molar-refractivity contribution in [3.05, 3.63) is 29.3 Å². The van der Waals surface area contributed by atoms with Crippen molar-refractivity contribution >= 4 is 24.0 Å². The molecule has 0 unspecified atom stereocenters. The minimum absolute atomic E-state index is 0.0343. The van der Waals surface area contributed by atoms with Crippen molar-refractivity contribution in [2.24, 2.45) is 5.73 Å². The highest BCUT2D eigenvalue weighted by Crippen LogP contribution is 2.14. The largest absolute Gasteiger partial charge is 0.473 e. The van der Waals surface area contributed by atoms with E-state index in [9.17, 15) is 9.59 Å². The summed E-state index contributed by atoms with van der Waals surface area (Å²) < 4.78 is 5.27. The fraction of sp³-hybridized carbons (Fsp3) is 0.333. The molecule has 0 fully saturated rings. The highest BCUT2D eigenvalue weighted by molar-refractivity contribution is 6.30. The van der Waals surface area contributed by atoms with Gasteiger partial charge in [0, 0.05) is 11.6 Å². The molecular weight excluding hydrogens is 270 g/mol. The summed E-state index contributed by atoms with van der Waals surface area (Å²) >= 11 is 5.72. The molecule has 19 heavy (non-hydrogen) atoms. The van der Waals surface area contributed by atoms with E-state index in [4.69, 9.17) is 22.1 Å². The molecule has 1 aromatic carbocycles. The van der Waals surface area contributed by atoms with Crippen LogP contribution in [0.4, 0.5) is 4.79 Å². The zero-order valence-corrected chi connectivity index (χ0v) is 11.1. The summed E-state index contributed by atoms with van der Waals surface area (Å²) in [4.78, 5) is 23.3. The second kappa shape index (κ2) is 8.34. The standard InChI is InChI=1S/C12H16ClN3O3/c13-10-2-4-11(5-3-10)19-8-15-12(18)16(9-17)7-1-6-14/h2-5,9H,1,6-8,14H2,(H,15,18). The number of rotatable bonds is 7. The highest BCUT2D eigenvalue weighted by Gasteiger charge is 2.10. The molecule has 1 aromatic rings. The van der Waals surface area contributed by atoms with E-state index in [2.05, 4.69) is 5.32 Å². The number of hydrogen-bond donors (Lipinski definition) is 2. The van der Waals surface area contributed by atoms with E-state index >= 15 is 0 Å². The average Bonchev–Trinajstić information content (AvgIpc) is 2.42. The summed E-state index contributed by atoms with van der Waals surface area (Å²) in [6.45, 7) is 0.666. The van der Waals surface area contributed by atoms with Crippen LogP contribution in [0.2, 0.25) is 5.02 Å². The van der Waals surface area contributed by atoms with E-state index in [0.29, 0.717) is 30.1 Å². The summed E-state index contributed by atoms with van der Waals surface area (Å²) in [5, 5.41) is 3.07. The van der Waals surface area contributed by atoms with Gasteiger partial charge in [0.05, 0.1) is 0 Å². The number of ether oxygens (including phenoxy) is 1. The van der Waals surface area contributed by atoms with Gasteiger partial charge in [-0.3, -0.25) is 9.69 Å². The van der Waals surface area contributed by atoms with Gasteiger partial charge < -0.3 is 15.8 Å². The Labute approximate surface area is 116 Å². The Morgan fingerprint density at radius 1 is 1.42 bits per heavy atom. The Kier molecular flexibility index (Phi) is 6.70. The van der Waals surface area contributed by atoms with Gasteiger partial charge in [0.15, 0.2) is 6.73 Å². The molecular formula is C12H16ClN3O3. The molecule has 0 aromatic heterocycles. The normalized spacial score (nSPS) is 9.79. The number of benzene rings is 1.